The molecule has 1 aliphatic rings. The summed E-state index contributed by atoms with van der Waals surface area (Å²) >= 11 is 3.45. The summed E-state index contributed by atoms with van der Waals surface area (Å²) in [6.07, 6.45) is 2.67. The van der Waals surface area contributed by atoms with Gasteiger partial charge in [-0.05, 0) is 59.4 Å². The Hall–Kier alpha value is -1.40. The number of nitrogens with one attached hydrogen (secondary N) is 1. The third-order valence-corrected chi connectivity index (χ3v) is 3.90. The average molecular weight is 338 g/mol. The normalized spacial score (nSPS) is 14.5. The lowest BCUT2D eigenvalue weighted by Crippen LogP contribution is -2.16. The van der Waals surface area contributed by atoms with Gasteiger partial charge in [-0.25, -0.2) is 0 Å². The number of hydrogen-bond donors (Lipinski definition) is 1. The van der Waals surface area contributed by atoms with Crippen LogP contribution in [0, 0.1) is 5.92 Å². The van der Waals surface area contributed by atoms with E-state index in [-0.39, 0.29) is 0 Å². The Morgan fingerprint density at radius 2 is 2.30 bits per heavy atom. The summed E-state index contributed by atoms with van der Waals surface area (Å²) in [6, 6.07) is 5.71. The first-order valence-electron chi connectivity index (χ1n) is 6.63. The zero-order valence-corrected chi connectivity index (χ0v) is 12.8. The van der Waals surface area contributed by atoms with E-state index in [1.807, 2.05) is 18.2 Å². The Morgan fingerprint density at radius 1 is 1.45 bits per heavy atom. The summed E-state index contributed by atoms with van der Waals surface area (Å²) in [5, 5.41) is 7.34. The van der Waals surface area contributed by atoms with Crippen LogP contribution in [0.5, 0.6) is 5.75 Å². The lowest BCUT2D eigenvalue weighted by Gasteiger charge is -2.03. The van der Waals surface area contributed by atoms with Crippen LogP contribution < -0.4 is 10.1 Å². The second-order valence-electron chi connectivity index (χ2n) is 4.94. The van der Waals surface area contributed by atoms with Crippen molar-refractivity contribution in [1.82, 2.24) is 15.5 Å². The van der Waals surface area contributed by atoms with Crippen molar-refractivity contribution in [3.63, 3.8) is 0 Å². The summed E-state index contributed by atoms with van der Waals surface area (Å²) in [5.74, 6) is 2.84. The van der Waals surface area contributed by atoms with Crippen LogP contribution in [0.25, 0.3) is 11.4 Å². The van der Waals surface area contributed by atoms with Gasteiger partial charge in [0, 0.05) is 5.56 Å². The lowest BCUT2D eigenvalue weighted by molar-refractivity contribution is 0.367. The maximum Gasteiger partial charge on any atom is 0.240 e. The molecule has 0 radical (unpaired) electrons. The van der Waals surface area contributed by atoms with Crippen LogP contribution in [0.4, 0.5) is 0 Å². The number of aromatic nitrogens is 2. The third kappa shape index (κ3) is 3.19. The van der Waals surface area contributed by atoms with Crippen molar-refractivity contribution in [2.24, 2.45) is 5.92 Å². The van der Waals surface area contributed by atoms with Crippen LogP contribution in [-0.4, -0.2) is 23.8 Å². The van der Waals surface area contributed by atoms with Gasteiger partial charge in [0.2, 0.25) is 11.7 Å². The number of hydrogen-bond acceptors (Lipinski definition) is 5. The molecule has 1 aromatic heterocycles. The molecule has 1 N–H and O–H groups in total. The first-order chi connectivity index (χ1) is 9.76. The van der Waals surface area contributed by atoms with Gasteiger partial charge >= 0.3 is 0 Å². The summed E-state index contributed by atoms with van der Waals surface area (Å²) in [4.78, 5) is 4.39. The molecule has 0 atom stereocenters. The molecule has 1 heterocycles. The van der Waals surface area contributed by atoms with Crippen LogP contribution in [0.3, 0.4) is 0 Å². The highest BCUT2D eigenvalue weighted by Gasteiger charge is 2.20. The predicted octanol–water partition coefficient (Wildman–Crippen LogP) is 3.01. The molecular weight excluding hydrogens is 322 g/mol. The summed E-state index contributed by atoms with van der Waals surface area (Å²) in [7, 11) is 1.64. The van der Waals surface area contributed by atoms with Gasteiger partial charge in [0.05, 0.1) is 18.1 Å². The first-order valence-corrected chi connectivity index (χ1v) is 7.43. The van der Waals surface area contributed by atoms with Crippen LogP contribution in [-0.2, 0) is 6.54 Å². The molecule has 0 amide bonds. The summed E-state index contributed by atoms with van der Waals surface area (Å²) in [6.45, 7) is 1.66. The highest BCUT2D eigenvalue weighted by atomic mass is 79.9. The smallest absolute Gasteiger partial charge is 0.240 e. The van der Waals surface area contributed by atoms with Gasteiger partial charge < -0.3 is 14.6 Å². The molecule has 0 aliphatic heterocycles. The fourth-order valence-electron chi connectivity index (χ4n) is 1.95. The monoisotopic (exact) mass is 337 g/mol. The van der Waals surface area contributed by atoms with Gasteiger partial charge in [-0.15, -0.1) is 0 Å². The third-order valence-electron chi connectivity index (χ3n) is 3.28. The molecule has 3 rings (SSSR count). The zero-order chi connectivity index (χ0) is 13.9. The van der Waals surface area contributed by atoms with Crippen LogP contribution >= 0.6 is 15.9 Å². The number of rotatable bonds is 6. The Balaban J connectivity index is 1.67. The summed E-state index contributed by atoms with van der Waals surface area (Å²) < 4.78 is 11.3. The van der Waals surface area contributed by atoms with Gasteiger partial charge in [0.25, 0.3) is 0 Å². The van der Waals surface area contributed by atoms with E-state index in [1.54, 1.807) is 7.11 Å². The minimum atomic E-state index is 0.594. The molecule has 20 heavy (non-hydrogen) atoms. The van der Waals surface area contributed by atoms with E-state index in [1.165, 1.54) is 12.8 Å². The number of methoxy groups -OCH3 is 1. The fraction of sp³-hybridized carbons (Fsp3) is 0.429. The molecular formula is C14H16BrN3O2. The molecule has 5 nitrogen and oxygen atoms in total. The molecule has 1 saturated carbocycles. The van der Waals surface area contributed by atoms with Crippen molar-refractivity contribution in [3.05, 3.63) is 28.6 Å². The molecule has 0 spiro atoms. The van der Waals surface area contributed by atoms with Gasteiger partial charge in [-0.3, -0.25) is 0 Å². The number of nitrogens with zero attached hydrogens (tertiary/aromatic N) is 2. The van der Waals surface area contributed by atoms with E-state index >= 15 is 0 Å². The van der Waals surface area contributed by atoms with Gasteiger partial charge in [-0.2, -0.15) is 4.98 Å². The Bertz CT molecular complexity index is 596. The second-order valence-corrected chi connectivity index (χ2v) is 5.79. The van der Waals surface area contributed by atoms with E-state index in [0.29, 0.717) is 18.3 Å². The molecule has 1 fully saturated rings. The zero-order valence-electron chi connectivity index (χ0n) is 11.2. The van der Waals surface area contributed by atoms with E-state index in [2.05, 4.69) is 31.4 Å². The maximum atomic E-state index is 5.25. The average Bonchev–Trinajstić information content (AvgIpc) is 3.15. The lowest BCUT2D eigenvalue weighted by atomic mass is 10.2. The van der Waals surface area contributed by atoms with Crippen molar-refractivity contribution in [2.75, 3.05) is 13.7 Å². The van der Waals surface area contributed by atoms with Crippen molar-refractivity contribution < 1.29 is 9.26 Å². The molecule has 0 bridgehead atoms. The van der Waals surface area contributed by atoms with Gasteiger partial charge in [0.1, 0.15) is 5.75 Å². The SMILES string of the molecule is COc1ccc(-c2noc(CNCC3CC3)n2)cc1Br. The Kier molecular flexibility index (Phi) is 4.03. The Morgan fingerprint density at radius 3 is 3.00 bits per heavy atom. The highest BCUT2D eigenvalue weighted by molar-refractivity contribution is 9.10. The van der Waals surface area contributed by atoms with E-state index in [9.17, 15) is 0 Å². The standard InChI is InChI=1S/C14H16BrN3O2/c1-19-12-5-4-10(6-11(12)15)14-17-13(20-18-14)8-16-7-9-2-3-9/h4-6,9,16H,2-3,7-8H2,1H3. The molecule has 106 valence electrons. The second kappa shape index (κ2) is 5.93. The molecule has 6 heteroatoms. The Labute approximate surface area is 125 Å². The first kappa shape index (κ1) is 13.6. The van der Waals surface area contributed by atoms with E-state index < -0.39 is 0 Å². The number of halogens is 1. The number of benzene rings is 1. The highest BCUT2D eigenvalue weighted by Crippen LogP contribution is 2.29. The van der Waals surface area contributed by atoms with E-state index in [0.717, 1.165) is 28.2 Å². The molecule has 2 aromatic rings. The van der Waals surface area contributed by atoms with E-state index in [4.69, 9.17) is 9.26 Å². The largest absolute Gasteiger partial charge is 0.496 e. The van der Waals surface area contributed by atoms with Crippen LogP contribution in [0.1, 0.15) is 18.7 Å². The number of ether oxygens (including phenoxy) is 1. The molecule has 0 unspecified atom stereocenters. The molecule has 1 aliphatic carbocycles. The quantitative estimate of drug-likeness (QED) is 0.877. The van der Waals surface area contributed by atoms with Crippen molar-refractivity contribution >= 4 is 15.9 Å². The molecule has 1 aromatic carbocycles. The predicted molar refractivity (Wildman–Crippen MR) is 78.4 cm³/mol. The van der Waals surface area contributed by atoms with Crippen LogP contribution in [0.2, 0.25) is 0 Å². The topological polar surface area (TPSA) is 60.2 Å². The van der Waals surface area contributed by atoms with Gasteiger partial charge in [0.15, 0.2) is 0 Å². The van der Waals surface area contributed by atoms with Gasteiger partial charge in [-0.1, -0.05) is 5.16 Å². The van der Waals surface area contributed by atoms with Crippen molar-refractivity contribution in [1.29, 1.82) is 0 Å². The summed E-state index contributed by atoms with van der Waals surface area (Å²) in [5.41, 5.74) is 0.898. The van der Waals surface area contributed by atoms with Crippen LogP contribution in [0.15, 0.2) is 27.2 Å². The minimum absolute atomic E-state index is 0.594. The van der Waals surface area contributed by atoms with Crippen molar-refractivity contribution in [2.45, 2.75) is 19.4 Å². The maximum absolute atomic E-state index is 5.25. The van der Waals surface area contributed by atoms with Crippen molar-refractivity contribution in [3.8, 4) is 17.1 Å². The molecule has 0 saturated heterocycles. The minimum Gasteiger partial charge on any atom is -0.496 e. The fourth-order valence-corrected chi connectivity index (χ4v) is 2.50.